The Morgan fingerprint density at radius 3 is 2.75 bits per heavy atom. The van der Waals surface area contributed by atoms with Crippen molar-refractivity contribution in [2.75, 3.05) is 11.5 Å². The van der Waals surface area contributed by atoms with Gasteiger partial charge in [0.1, 0.15) is 11.9 Å². The molecular weight excluding hydrogens is 248 g/mol. The molecule has 0 amide bonds. The molecular formula is C11H13ClO3S. The minimum absolute atomic E-state index is 0.120. The molecule has 1 aliphatic rings. The molecule has 0 aliphatic carbocycles. The average Bonchev–Trinajstić information content (AvgIpc) is 2.52. The zero-order valence-corrected chi connectivity index (χ0v) is 10.5. The monoisotopic (exact) mass is 260 g/mol. The third kappa shape index (κ3) is 2.68. The summed E-state index contributed by atoms with van der Waals surface area (Å²) in [4.78, 5) is 0. The first-order valence-electron chi connectivity index (χ1n) is 5.09. The maximum Gasteiger partial charge on any atom is 0.154 e. The normalized spacial score (nSPS) is 23.2. The molecule has 5 heteroatoms. The lowest BCUT2D eigenvalue weighted by Gasteiger charge is -2.12. The smallest absolute Gasteiger partial charge is 0.154 e. The van der Waals surface area contributed by atoms with Crippen LogP contribution in [0, 0.1) is 6.92 Å². The van der Waals surface area contributed by atoms with Gasteiger partial charge in [0, 0.05) is 5.02 Å². The van der Waals surface area contributed by atoms with Crippen LogP contribution in [0.3, 0.4) is 0 Å². The number of hydrogen-bond acceptors (Lipinski definition) is 3. The molecule has 1 heterocycles. The van der Waals surface area contributed by atoms with Crippen molar-refractivity contribution in [2.45, 2.75) is 19.4 Å². The zero-order chi connectivity index (χ0) is 11.8. The summed E-state index contributed by atoms with van der Waals surface area (Å²) in [5, 5.41) is 0.686. The van der Waals surface area contributed by atoms with E-state index in [1.165, 1.54) is 0 Å². The highest BCUT2D eigenvalue weighted by Crippen LogP contribution is 2.24. The van der Waals surface area contributed by atoms with Crippen molar-refractivity contribution >= 4 is 21.4 Å². The van der Waals surface area contributed by atoms with Crippen LogP contribution in [-0.4, -0.2) is 26.0 Å². The van der Waals surface area contributed by atoms with Crippen LogP contribution in [0.1, 0.15) is 12.0 Å². The van der Waals surface area contributed by atoms with Crippen molar-refractivity contribution in [1.82, 2.24) is 0 Å². The van der Waals surface area contributed by atoms with Gasteiger partial charge in [0.05, 0.1) is 11.5 Å². The second kappa shape index (κ2) is 4.26. The van der Waals surface area contributed by atoms with Crippen molar-refractivity contribution in [2.24, 2.45) is 0 Å². The van der Waals surface area contributed by atoms with Crippen LogP contribution in [0.5, 0.6) is 5.75 Å². The minimum atomic E-state index is -2.88. The Balaban J connectivity index is 2.08. The van der Waals surface area contributed by atoms with E-state index in [1.807, 2.05) is 13.0 Å². The topological polar surface area (TPSA) is 43.4 Å². The number of ether oxygens (including phenoxy) is 1. The molecule has 16 heavy (non-hydrogen) atoms. The summed E-state index contributed by atoms with van der Waals surface area (Å²) in [6, 6.07) is 5.35. The van der Waals surface area contributed by atoms with E-state index in [0.717, 1.165) is 5.56 Å². The standard InChI is InChI=1S/C11H13ClO3S/c1-8-6-9(2-3-11(8)12)15-10-4-5-16(13,14)7-10/h2-3,6,10H,4-5,7H2,1H3. The molecule has 88 valence electrons. The van der Waals surface area contributed by atoms with Gasteiger partial charge in [-0.25, -0.2) is 8.42 Å². The maximum absolute atomic E-state index is 11.3. The number of sulfone groups is 1. The van der Waals surface area contributed by atoms with Crippen LogP contribution in [0.25, 0.3) is 0 Å². The Morgan fingerprint density at radius 2 is 2.19 bits per heavy atom. The summed E-state index contributed by atoms with van der Waals surface area (Å²) in [7, 11) is -2.88. The first-order valence-corrected chi connectivity index (χ1v) is 7.29. The molecule has 0 radical (unpaired) electrons. The lowest BCUT2D eigenvalue weighted by atomic mass is 10.2. The van der Waals surface area contributed by atoms with Gasteiger partial charge in [0.15, 0.2) is 9.84 Å². The van der Waals surface area contributed by atoms with E-state index in [2.05, 4.69) is 0 Å². The van der Waals surface area contributed by atoms with E-state index < -0.39 is 9.84 Å². The van der Waals surface area contributed by atoms with Crippen LogP contribution in [0.4, 0.5) is 0 Å². The number of rotatable bonds is 2. The van der Waals surface area contributed by atoms with E-state index >= 15 is 0 Å². The van der Waals surface area contributed by atoms with Crippen LogP contribution < -0.4 is 4.74 Å². The predicted molar refractivity (Wildman–Crippen MR) is 63.9 cm³/mol. The first-order chi connectivity index (χ1) is 7.46. The Hall–Kier alpha value is -0.740. The zero-order valence-electron chi connectivity index (χ0n) is 8.94. The first kappa shape index (κ1) is 11.7. The average molecular weight is 261 g/mol. The molecule has 2 rings (SSSR count). The van der Waals surface area contributed by atoms with Crippen molar-refractivity contribution in [3.8, 4) is 5.75 Å². The van der Waals surface area contributed by atoms with E-state index in [9.17, 15) is 8.42 Å². The second-order valence-electron chi connectivity index (χ2n) is 4.05. The minimum Gasteiger partial charge on any atom is -0.489 e. The van der Waals surface area contributed by atoms with Gasteiger partial charge in [-0.3, -0.25) is 0 Å². The molecule has 1 aliphatic heterocycles. The van der Waals surface area contributed by atoms with Crippen LogP contribution in [0.15, 0.2) is 18.2 Å². The van der Waals surface area contributed by atoms with E-state index in [-0.39, 0.29) is 17.6 Å². The molecule has 1 saturated heterocycles. The third-order valence-electron chi connectivity index (χ3n) is 2.62. The predicted octanol–water partition coefficient (Wildman–Crippen LogP) is 2.21. The van der Waals surface area contributed by atoms with Gasteiger partial charge in [-0.05, 0) is 37.1 Å². The second-order valence-corrected chi connectivity index (χ2v) is 6.69. The Morgan fingerprint density at radius 1 is 1.44 bits per heavy atom. The quantitative estimate of drug-likeness (QED) is 0.819. The molecule has 1 unspecified atom stereocenters. The summed E-state index contributed by atoms with van der Waals surface area (Å²) in [6.07, 6.45) is 0.356. The van der Waals surface area contributed by atoms with E-state index in [0.29, 0.717) is 17.2 Å². The maximum atomic E-state index is 11.3. The van der Waals surface area contributed by atoms with Gasteiger partial charge in [0.25, 0.3) is 0 Å². The van der Waals surface area contributed by atoms with Gasteiger partial charge in [-0.15, -0.1) is 0 Å². The van der Waals surface area contributed by atoms with Crippen molar-refractivity contribution in [1.29, 1.82) is 0 Å². The van der Waals surface area contributed by atoms with Gasteiger partial charge >= 0.3 is 0 Å². The molecule has 0 saturated carbocycles. The number of aryl methyl sites for hydroxylation is 1. The third-order valence-corrected chi connectivity index (χ3v) is 4.78. The Bertz CT molecular complexity index is 496. The number of hydrogen-bond donors (Lipinski definition) is 0. The van der Waals surface area contributed by atoms with Crippen LogP contribution >= 0.6 is 11.6 Å². The SMILES string of the molecule is Cc1cc(OC2CCS(=O)(=O)C2)ccc1Cl. The number of halogens is 1. The molecule has 1 atom stereocenters. The largest absolute Gasteiger partial charge is 0.489 e. The number of benzene rings is 1. The van der Waals surface area contributed by atoms with E-state index in [4.69, 9.17) is 16.3 Å². The highest BCUT2D eigenvalue weighted by molar-refractivity contribution is 7.91. The highest BCUT2D eigenvalue weighted by Gasteiger charge is 2.29. The van der Waals surface area contributed by atoms with Gasteiger partial charge in [-0.2, -0.15) is 0 Å². The summed E-state index contributed by atoms with van der Waals surface area (Å²) < 4.78 is 28.1. The van der Waals surface area contributed by atoms with Crippen molar-refractivity contribution in [3.05, 3.63) is 28.8 Å². The summed E-state index contributed by atoms with van der Waals surface area (Å²) in [5.74, 6) is 1.03. The van der Waals surface area contributed by atoms with Crippen molar-refractivity contribution < 1.29 is 13.2 Å². The molecule has 1 fully saturated rings. The Kier molecular flexibility index (Phi) is 3.13. The van der Waals surface area contributed by atoms with E-state index in [1.54, 1.807) is 12.1 Å². The summed E-state index contributed by atoms with van der Waals surface area (Å²) in [5.41, 5.74) is 0.931. The fourth-order valence-electron chi connectivity index (χ4n) is 1.74. The lowest BCUT2D eigenvalue weighted by Crippen LogP contribution is -2.17. The lowest BCUT2D eigenvalue weighted by molar-refractivity contribution is 0.229. The van der Waals surface area contributed by atoms with Crippen LogP contribution in [0.2, 0.25) is 5.02 Å². The van der Waals surface area contributed by atoms with Gasteiger partial charge in [-0.1, -0.05) is 11.6 Å². The van der Waals surface area contributed by atoms with Crippen molar-refractivity contribution in [3.63, 3.8) is 0 Å². The highest BCUT2D eigenvalue weighted by atomic mass is 35.5. The molecule has 0 spiro atoms. The fourth-order valence-corrected chi connectivity index (χ4v) is 3.44. The molecule has 1 aromatic rings. The molecule has 0 bridgehead atoms. The summed E-state index contributed by atoms with van der Waals surface area (Å²) in [6.45, 7) is 1.89. The molecule has 0 aromatic heterocycles. The van der Waals surface area contributed by atoms with Gasteiger partial charge in [0.2, 0.25) is 0 Å². The van der Waals surface area contributed by atoms with Gasteiger partial charge < -0.3 is 4.74 Å². The molecule has 1 aromatic carbocycles. The molecule has 0 N–H and O–H groups in total. The summed E-state index contributed by atoms with van der Waals surface area (Å²) >= 11 is 5.89. The fraction of sp³-hybridized carbons (Fsp3) is 0.455. The Labute approximate surface area is 100 Å². The van der Waals surface area contributed by atoms with Crippen LogP contribution in [-0.2, 0) is 9.84 Å². The molecule has 3 nitrogen and oxygen atoms in total.